The van der Waals surface area contributed by atoms with Gasteiger partial charge in [-0.05, 0) is 49.2 Å². The van der Waals surface area contributed by atoms with E-state index in [0.29, 0.717) is 5.82 Å². The van der Waals surface area contributed by atoms with Crippen molar-refractivity contribution in [3.05, 3.63) is 54.4 Å². The highest BCUT2D eigenvalue weighted by atomic mass is 16.4. The summed E-state index contributed by atoms with van der Waals surface area (Å²) in [6.07, 6.45) is 5.28. The fourth-order valence-corrected chi connectivity index (χ4v) is 3.43. The van der Waals surface area contributed by atoms with Gasteiger partial charge in [0.1, 0.15) is 11.6 Å². The van der Waals surface area contributed by atoms with E-state index in [1.54, 1.807) is 36.7 Å². The lowest BCUT2D eigenvalue weighted by Crippen LogP contribution is -2.33. The molecule has 28 heavy (non-hydrogen) atoms. The van der Waals surface area contributed by atoms with Crippen molar-refractivity contribution < 1.29 is 9.90 Å². The number of anilines is 3. The average Bonchev–Trinajstić information content (AvgIpc) is 2.74. The summed E-state index contributed by atoms with van der Waals surface area (Å²) in [4.78, 5) is 22.2. The molecule has 1 aromatic carbocycles. The number of rotatable bonds is 4. The number of nitriles is 1. The highest BCUT2D eigenvalue weighted by molar-refractivity contribution is 5.93. The Kier molecular flexibility index (Phi) is 4.77. The molecule has 4 rings (SSSR count). The Labute approximate surface area is 162 Å². The lowest BCUT2D eigenvalue weighted by Gasteiger charge is -2.30. The number of carboxylic acids is 1. The molecule has 7 heteroatoms. The number of piperidine rings is 1. The van der Waals surface area contributed by atoms with Crippen LogP contribution in [-0.2, 0) is 0 Å². The van der Waals surface area contributed by atoms with Crippen molar-refractivity contribution in [1.29, 1.82) is 5.26 Å². The minimum atomic E-state index is -0.953. The minimum absolute atomic E-state index is 0.124. The molecular weight excluding hydrogens is 354 g/mol. The minimum Gasteiger partial charge on any atom is -0.478 e. The number of hydrogen-bond acceptors (Lipinski definition) is 6. The third-order valence-electron chi connectivity index (χ3n) is 5.01. The number of pyridine rings is 2. The highest BCUT2D eigenvalue weighted by Crippen LogP contribution is 2.30. The number of aromatic carboxylic acids is 1. The first kappa shape index (κ1) is 17.7. The molecule has 0 bridgehead atoms. The molecule has 3 aromatic rings. The summed E-state index contributed by atoms with van der Waals surface area (Å²) in [7, 11) is 0. The van der Waals surface area contributed by atoms with E-state index in [9.17, 15) is 4.79 Å². The number of carboxylic acid groups (broad SMARTS) is 1. The maximum Gasteiger partial charge on any atom is 0.335 e. The van der Waals surface area contributed by atoms with Gasteiger partial charge < -0.3 is 15.3 Å². The molecule has 0 saturated carbocycles. The van der Waals surface area contributed by atoms with Gasteiger partial charge in [0, 0.05) is 47.9 Å². The van der Waals surface area contributed by atoms with E-state index in [0.717, 1.165) is 48.2 Å². The van der Waals surface area contributed by atoms with Crippen LogP contribution in [0, 0.1) is 17.2 Å². The van der Waals surface area contributed by atoms with E-state index in [2.05, 4.69) is 26.3 Å². The van der Waals surface area contributed by atoms with E-state index >= 15 is 0 Å². The number of carbonyl (C=O) groups is 1. The molecule has 0 amide bonds. The van der Waals surface area contributed by atoms with Crippen LogP contribution < -0.4 is 10.2 Å². The maximum atomic E-state index is 11.0. The summed E-state index contributed by atoms with van der Waals surface area (Å²) in [6, 6.07) is 12.8. The molecule has 2 N–H and O–H groups in total. The fraction of sp³-hybridized carbons (Fsp3) is 0.238. The first-order valence-corrected chi connectivity index (χ1v) is 9.14. The number of benzene rings is 1. The van der Waals surface area contributed by atoms with E-state index in [4.69, 9.17) is 10.4 Å². The summed E-state index contributed by atoms with van der Waals surface area (Å²) in [5.74, 6) is 0.738. The van der Waals surface area contributed by atoms with E-state index in [-0.39, 0.29) is 11.5 Å². The van der Waals surface area contributed by atoms with Crippen molar-refractivity contribution in [2.45, 2.75) is 12.8 Å². The van der Waals surface area contributed by atoms with E-state index in [1.165, 1.54) is 0 Å². The molecule has 140 valence electrons. The quantitative estimate of drug-likeness (QED) is 0.717. The summed E-state index contributed by atoms with van der Waals surface area (Å²) in [6.45, 7) is 1.62. The standard InChI is InChI=1S/C21H19N5O2/c22-12-14-6-9-26(10-7-14)20-18-11-19(24-13-16(18)5-8-23-20)25-17-3-1-15(2-4-17)21(27)28/h1-5,8,11,13-14H,6-7,9-10H2,(H,24,25)(H,27,28). The number of nitrogens with zero attached hydrogens (tertiary/aromatic N) is 4. The Morgan fingerprint density at radius 2 is 1.93 bits per heavy atom. The van der Waals surface area contributed by atoms with Crippen LogP contribution in [0.15, 0.2) is 48.8 Å². The second-order valence-electron chi connectivity index (χ2n) is 6.82. The lowest BCUT2D eigenvalue weighted by atomic mass is 9.98. The molecule has 0 unspecified atom stereocenters. The molecule has 2 aromatic heterocycles. The predicted octanol–water partition coefficient (Wildman–Crippen LogP) is 3.81. The van der Waals surface area contributed by atoms with Crippen molar-refractivity contribution in [2.24, 2.45) is 5.92 Å². The zero-order valence-corrected chi connectivity index (χ0v) is 15.2. The van der Waals surface area contributed by atoms with E-state index in [1.807, 2.05) is 12.1 Å². The highest BCUT2D eigenvalue weighted by Gasteiger charge is 2.21. The summed E-state index contributed by atoms with van der Waals surface area (Å²) < 4.78 is 0. The van der Waals surface area contributed by atoms with Gasteiger partial charge >= 0.3 is 5.97 Å². The van der Waals surface area contributed by atoms with Crippen LogP contribution >= 0.6 is 0 Å². The van der Waals surface area contributed by atoms with E-state index < -0.39 is 5.97 Å². The Hall–Kier alpha value is -3.66. The average molecular weight is 373 g/mol. The third kappa shape index (κ3) is 3.58. The molecule has 1 aliphatic rings. The largest absolute Gasteiger partial charge is 0.478 e. The lowest BCUT2D eigenvalue weighted by molar-refractivity contribution is 0.0697. The molecule has 1 fully saturated rings. The number of hydrogen-bond donors (Lipinski definition) is 2. The predicted molar refractivity (Wildman–Crippen MR) is 107 cm³/mol. The molecule has 0 radical (unpaired) electrons. The zero-order valence-electron chi connectivity index (χ0n) is 15.2. The van der Waals surface area contributed by atoms with Crippen molar-refractivity contribution in [3.63, 3.8) is 0 Å². The second-order valence-corrected chi connectivity index (χ2v) is 6.82. The third-order valence-corrected chi connectivity index (χ3v) is 5.01. The van der Waals surface area contributed by atoms with Gasteiger partial charge in [0.2, 0.25) is 0 Å². The molecule has 0 spiro atoms. The number of aromatic nitrogens is 2. The summed E-state index contributed by atoms with van der Waals surface area (Å²) >= 11 is 0. The number of nitrogens with one attached hydrogen (secondary N) is 1. The number of fused-ring (bicyclic) bond motifs is 1. The maximum absolute atomic E-state index is 11.0. The Balaban J connectivity index is 1.61. The second kappa shape index (κ2) is 7.53. The van der Waals surface area contributed by atoms with Gasteiger partial charge in [-0.3, -0.25) is 0 Å². The van der Waals surface area contributed by atoms with Crippen molar-refractivity contribution >= 4 is 34.1 Å². The Bertz CT molecular complexity index is 1050. The van der Waals surface area contributed by atoms with Gasteiger partial charge in [-0.15, -0.1) is 0 Å². The first-order chi connectivity index (χ1) is 13.6. The first-order valence-electron chi connectivity index (χ1n) is 9.14. The van der Waals surface area contributed by atoms with Gasteiger partial charge in [0.25, 0.3) is 0 Å². The molecular formula is C21H19N5O2. The van der Waals surface area contributed by atoms with Crippen molar-refractivity contribution in [3.8, 4) is 6.07 Å². The van der Waals surface area contributed by atoms with Crippen LogP contribution in [0.4, 0.5) is 17.3 Å². The molecule has 7 nitrogen and oxygen atoms in total. The van der Waals surface area contributed by atoms with Gasteiger partial charge in [-0.2, -0.15) is 5.26 Å². The smallest absolute Gasteiger partial charge is 0.335 e. The van der Waals surface area contributed by atoms with Crippen molar-refractivity contribution in [1.82, 2.24) is 9.97 Å². The molecule has 0 atom stereocenters. The van der Waals surface area contributed by atoms with Gasteiger partial charge in [-0.25, -0.2) is 14.8 Å². The summed E-state index contributed by atoms with van der Waals surface area (Å²) in [5.41, 5.74) is 1.00. The van der Waals surface area contributed by atoms with Crippen LogP contribution in [0.1, 0.15) is 23.2 Å². The summed E-state index contributed by atoms with van der Waals surface area (Å²) in [5, 5.41) is 23.3. The molecule has 3 heterocycles. The molecule has 1 aliphatic heterocycles. The topological polar surface area (TPSA) is 102 Å². The Morgan fingerprint density at radius 3 is 2.61 bits per heavy atom. The van der Waals surface area contributed by atoms with Gasteiger partial charge in [0.15, 0.2) is 0 Å². The van der Waals surface area contributed by atoms with Crippen LogP contribution in [0.2, 0.25) is 0 Å². The van der Waals surface area contributed by atoms with Gasteiger partial charge in [0.05, 0.1) is 11.6 Å². The fourth-order valence-electron chi connectivity index (χ4n) is 3.43. The Morgan fingerprint density at radius 1 is 1.18 bits per heavy atom. The van der Waals surface area contributed by atoms with Crippen LogP contribution in [0.3, 0.4) is 0 Å². The molecule has 1 saturated heterocycles. The molecule has 0 aliphatic carbocycles. The SMILES string of the molecule is N#CC1CCN(c2nccc3cnc(Nc4ccc(C(=O)O)cc4)cc23)CC1. The zero-order chi connectivity index (χ0) is 19.5. The van der Waals surface area contributed by atoms with Gasteiger partial charge in [-0.1, -0.05) is 0 Å². The van der Waals surface area contributed by atoms with Crippen LogP contribution in [0.5, 0.6) is 0 Å². The monoisotopic (exact) mass is 373 g/mol. The van der Waals surface area contributed by atoms with Crippen LogP contribution in [0.25, 0.3) is 10.8 Å². The van der Waals surface area contributed by atoms with Crippen molar-refractivity contribution in [2.75, 3.05) is 23.3 Å². The normalized spacial score (nSPS) is 14.6. The van der Waals surface area contributed by atoms with Crippen LogP contribution in [-0.4, -0.2) is 34.1 Å².